The Balaban J connectivity index is 0.000000209. The summed E-state index contributed by atoms with van der Waals surface area (Å²) in [6.45, 7) is 1.71. The Kier molecular flexibility index (Phi) is 5.81. The molecule has 3 rings (SSSR count). The predicted octanol–water partition coefficient (Wildman–Crippen LogP) is 3.82. The van der Waals surface area contributed by atoms with Crippen molar-refractivity contribution >= 4 is 9.84 Å². The van der Waals surface area contributed by atoms with Crippen molar-refractivity contribution in [2.24, 2.45) is 0 Å². The van der Waals surface area contributed by atoms with E-state index >= 15 is 0 Å². The number of aryl methyl sites for hydroxylation is 1. The highest BCUT2D eigenvalue weighted by Gasteiger charge is 2.33. The first-order chi connectivity index (χ1) is 12.1. The fourth-order valence-corrected chi connectivity index (χ4v) is 2.73. The number of benzene rings is 1. The molecule has 3 aromatic rings. The Morgan fingerprint density at radius 2 is 1.65 bits per heavy atom. The van der Waals surface area contributed by atoms with Crippen LogP contribution in [0, 0.1) is 6.92 Å². The molecule has 0 aliphatic rings. The van der Waals surface area contributed by atoms with Crippen molar-refractivity contribution in [2.45, 2.75) is 18.1 Å². The number of rotatable bonds is 2. The lowest BCUT2D eigenvalue weighted by Gasteiger charge is -2.11. The van der Waals surface area contributed by atoms with E-state index in [1.165, 1.54) is 18.5 Å². The lowest BCUT2D eigenvalue weighted by atomic mass is 10.2. The Hall–Kier alpha value is -2.68. The van der Waals surface area contributed by atoms with Crippen molar-refractivity contribution in [3.63, 3.8) is 0 Å². The normalized spacial score (nSPS) is 11.6. The number of hydrogen-bond acceptors (Lipinski definition) is 4. The second-order valence-electron chi connectivity index (χ2n) is 5.36. The Bertz CT molecular complexity index is 968. The van der Waals surface area contributed by atoms with E-state index in [9.17, 15) is 21.6 Å². The van der Waals surface area contributed by atoms with Crippen LogP contribution in [-0.2, 0) is 16.1 Å². The third kappa shape index (κ3) is 5.16. The van der Waals surface area contributed by atoms with Crippen molar-refractivity contribution in [1.29, 1.82) is 0 Å². The van der Waals surface area contributed by atoms with Crippen molar-refractivity contribution in [2.75, 3.05) is 6.26 Å². The van der Waals surface area contributed by atoms with Crippen LogP contribution in [0.2, 0.25) is 0 Å². The highest BCUT2D eigenvalue weighted by atomic mass is 32.2. The number of halogens is 3. The summed E-state index contributed by atoms with van der Waals surface area (Å²) in [6, 6.07) is 11.4. The van der Waals surface area contributed by atoms with Gasteiger partial charge in [-0.1, -0.05) is 18.2 Å². The fraction of sp³-hybridized carbons (Fsp3) is 0.176. The van der Waals surface area contributed by atoms with Crippen LogP contribution >= 0.6 is 0 Å². The van der Waals surface area contributed by atoms with Crippen LogP contribution in [0.15, 0.2) is 66.0 Å². The second kappa shape index (κ2) is 7.69. The van der Waals surface area contributed by atoms with Crippen LogP contribution in [0.4, 0.5) is 13.2 Å². The van der Waals surface area contributed by atoms with Gasteiger partial charge in [-0.25, -0.2) is 18.0 Å². The summed E-state index contributed by atoms with van der Waals surface area (Å²) in [6.07, 6.45) is 0.217. The average molecular weight is 383 g/mol. The Labute approximate surface area is 149 Å². The van der Waals surface area contributed by atoms with E-state index in [2.05, 4.69) is 9.97 Å². The summed E-state index contributed by atoms with van der Waals surface area (Å²) in [4.78, 5) is 8.00. The quantitative estimate of drug-likeness (QED) is 0.675. The molecule has 0 aliphatic heterocycles. The van der Waals surface area contributed by atoms with Gasteiger partial charge in [0.15, 0.2) is 9.84 Å². The minimum Gasteiger partial charge on any atom is -0.262 e. The third-order valence-electron chi connectivity index (χ3n) is 3.24. The van der Waals surface area contributed by atoms with E-state index in [1.807, 2.05) is 0 Å². The van der Waals surface area contributed by atoms with Gasteiger partial charge >= 0.3 is 6.30 Å². The zero-order chi connectivity index (χ0) is 19.4. The highest BCUT2D eigenvalue weighted by molar-refractivity contribution is 7.90. The maximum absolute atomic E-state index is 12.6. The molecule has 0 atom stereocenters. The molecule has 0 saturated heterocycles. The van der Waals surface area contributed by atoms with Gasteiger partial charge in [0, 0.05) is 36.1 Å². The van der Waals surface area contributed by atoms with Crippen LogP contribution in [-0.4, -0.2) is 29.2 Å². The SMILES string of the molecule is CS(=O)(=O)c1ccccc1.Cc1cc(-c2nccn2C(F)(F)F)ccn1. The first-order valence-corrected chi connectivity index (χ1v) is 9.27. The van der Waals surface area contributed by atoms with Gasteiger partial charge in [0.05, 0.1) is 4.90 Å². The average Bonchev–Trinajstić information content (AvgIpc) is 3.05. The van der Waals surface area contributed by atoms with Gasteiger partial charge in [0.2, 0.25) is 0 Å². The van der Waals surface area contributed by atoms with Crippen LogP contribution in [0.1, 0.15) is 5.69 Å². The lowest BCUT2D eigenvalue weighted by Crippen LogP contribution is -2.16. The van der Waals surface area contributed by atoms with Crippen LogP contribution in [0.5, 0.6) is 0 Å². The molecule has 0 amide bonds. The van der Waals surface area contributed by atoms with E-state index in [0.717, 1.165) is 12.4 Å². The maximum atomic E-state index is 12.6. The zero-order valence-corrected chi connectivity index (χ0v) is 14.8. The summed E-state index contributed by atoms with van der Waals surface area (Å²) in [7, 11) is -3.00. The molecule has 0 N–H and O–H groups in total. The molecule has 0 fully saturated rings. The molecule has 0 bridgehead atoms. The summed E-state index contributed by atoms with van der Waals surface area (Å²) in [5.41, 5.74) is 1.05. The van der Waals surface area contributed by atoms with Gasteiger partial charge in [-0.3, -0.25) is 4.98 Å². The fourth-order valence-electron chi connectivity index (χ4n) is 2.07. The number of pyridine rings is 1. The molecule has 0 aliphatic carbocycles. The summed E-state index contributed by atoms with van der Waals surface area (Å²) < 4.78 is 59.6. The van der Waals surface area contributed by atoms with Crippen LogP contribution in [0.25, 0.3) is 11.4 Å². The van der Waals surface area contributed by atoms with Gasteiger partial charge in [-0.05, 0) is 31.2 Å². The van der Waals surface area contributed by atoms with E-state index in [4.69, 9.17) is 0 Å². The third-order valence-corrected chi connectivity index (χ3v) is 4.37. The number of hydrogen-bond donors (Lipinski definition) is 0. The van der Waals surface area contributed by atoms with Crippen molar-refractivity contribution < 1.29 is 21.6 Å². The Morgan fingerprint density at radius 3 is 2.15 bits per heavy atom. The number of nitrogens with zero attached hydrogens (tertiary/aromatic N) is 3. The second-order valence-corrected chi connectivity index (χ2v) is 7.38. The highest BCUT2D eigenvalue weighted by Crippen LogP contribution is 2.28. The van der Waals surface area contributed by atoms with Crippen LogP contribution < -0.4 is 0 Å². The molecule has 0 saturated carbocycles. The molecule has 138 valence electrons. The summed E-state index contributed by atoms with van der Waals surface area (Å²) in [5.74, 6) is -0.127. The predicted molar refractivity (Wildman–Crippen MR) is 91.0 cm³/mol. The number of alkyl halides is 3. The largest absolute Gasteiger partial charge is 0.490 e. The van der Waals surface area contributed by atoms with Gasteiger partial charge in [-0.2, -0.15) is 0 Å². The van der Waals surface area contributed by atoms with Gasteiger partial charge in [-0.15, -0.1) is 13.2 Å². The monoisotopic (exact) mass is 383 g/mol. The molecule has 2 heterocycles. The van der Waals surface area contributed by atoms with Gasteiger partial charge in [0.25, 0.3) is 0 Å². The molecule has 1 aromatic carbocycles. The van der Waals surface area contributed by atoms with Gasteiger partial charge in [0.1, 0.15) is 5.82 Å². The maximum Gasteiger partial charge on any atom is 0.490 e. The van der Waals surface area contributed by atoms with E-state index < -0.39 is 16.1 Å². The first-order valence-electron chi connectivity index (χ1n) is 7.38. The molecule has 5 nitrogen and oxygen atoms in total. The van der Waals surface area contributed by atoms with E-state index in [0.29, 0.717) is 16.2 Å². The minimum absolute atomic E-state index is 0.127. The summed E-state index contributed by atoms with van der Waals surface area (Å²) >= 11 is 0. The molecule has 0 spiro atoms. The topological polar surface area (TPSA) is 64.8 Å². The molecular weight excluding hydrogens is 367 g/mol. The van der Waals surface area contributed by atoms with E-state index in [1.54, 1.807) is 43.3 Å². The molecule has 26 heavy (non-hydrogen) atoms. The first kappa shape index (κ1) is 19.6. The van der Waals surface area contributed by atoms with E-state index in [-0.39, 0.29) is 10.4 Å². The van der Waals surface area contributed by atoms with Crippen molar-refractivity contribution in [3.8, 4) is 11.4 Å². The molecular formula is C17H16F3N3O2S. The lowest BCUT2D eigenvalue weighted by molar-refractivity contribution is -0.202. The minimum atomic E-state index is -4.46. The van der Waals surface area contributed by atoms with Gasteiger partial charge < -0.3 is 0 Å². The number of aromatic nitrogens is 3. The smallest absolute Gasteiger partial charge is 0.262 e. The molecule has 2 aromatic heterocycles. The number of imidazole rings is 1. The Morgan fingerprint density at radius 1 is 1.00 bits per heavy atom. The molecule has 9 heteroatoms. The zero-order valence-electron chi connectivity index (χ0n) is 14.0. The van der Waals surface area contributed by atoms with Crippen LogP contribution in [0.3, 0.4) is 0 Å². The van der Waals surface area contributed by atoms with Crippen molar-refractivity contribution in [3.05, 3.63) is 66.7 Å². The standard InChI is InChI=1S/C10H8F3N3.C7H8O2S/c1-7-6-8(2-3-14-7)9-15-4-5-16(9)10(11,12)13;1-10(8,9)7-5-3-2-4-6-7/h2-6H,1H3;2-6H,1H3. The summed E-state index contributed by atoms with van der Waals surface area (Å²) in [5, 5.41) is 0. The van der Waals surface area contributed by atoms with Crippen molar-refractivity contribution in [1.82, 2.24) is 14.5 Å². The molecule has 0 radical (unpaired) electrons. The number of sulfone groups is 1. The molecule has 0 unspecified atom stereocenters.